The summed E-state index contributed by atoms with van der Waals surface area (Å²) in [5.74, 6) is -0.217. The van der Waals surface area contributed by atoms with E-state index in [4.69, 9.17) is 4.74 Å². The van der Waals surface area contributed by atoms with Crippen molar-refractivity contribution in [1.29, 1.82) is 0 Å². The Morgan fingerprint density at radius 3 is 2.42 bits per heavy atom. The fourth-order valence-corrected chi connectivity index (χ4v) is 2.44. The second-order valence-electron chi connectivity index (χ2n) is 3.54. The number of pyridine rings is 1. The van der Waals surface area contributed by atoms with E-state index in [-0.39, 0.29) is 11.6 Å². The molecule has 100 valence electrons. The van der Waals surface area contributed by atoms with Crippen molar-refractivity contribution >= 4 is 31.9 Å². The third-order valence-electron chi connectivity index (χ3n) is 2.17. The second kappa shape index (κ2) is 5.50. The van der Waals surface area contributed by atoms with Crippen LogP contribution in [0.2, 0.25) is 0 Å². The minimum Gasteiger partial charge on any atom is -0.437 e. The van der Waals surface area contributed by atoms with E-state index in [0.717, 1.165) is 6.07 Å². The number of hydrogen-bond donors (Lipinski definition) is 0. The monoisotopic (exact) mass is 395 g/mol. The van der Waals surface area contributed by atoms with Gasteiger partial charge in [-0.2, -0.15) is 13.2 Å². The highest BCUT2D eigenvalue weighted by molar-refractivity contribution is 9.11. The maximum absolute atomic E-state index is 12.8. The molecule has 0 amide bonds. The van der Waals surface area contributed by atoms with Gasteiger partial charge in [0, 0.05) is 10.7 Å². The highest BCUT2D eigenvalue weighted by Gasteiger charge is 2.34. The summed E-state index contributed by atoms with van der Waals surface area (Å²) in [5, 5.41) is 0. The summed E-state index contributed by atoms with van der Waals surface area (Å²) >= 11 is 6.38. The highest BCUT2D eigenvalue weighted by Crippen LogP contribution is 2.39. The van der Waals surface area contributed by atoms with E-state index in [9.17, 15) is 13.2 Å². The highest BCUT2D eigenvalue weighted by atomic mass is 79.9. The molecule has 0 fully saturated rings. The molecule has 0 radical (unpaired) electrons. The van der Waals surface area contributed by atoms with Gasteiger partial charge in [-0.1, -0.05) is 12.1 Å². The minimum atomic E-state index is -4.47. The molecule has 0 aliphatic carbocycles. The Hall–Kier alpha value is -1.08. The average Bonchev–Trinajstić information content (AvgIpc) is 2.32. The fraction of sp³-hybridized carbons (Fsp3) is 0.0833. The quantitative estimate of drug-likeness (QED) is 0.676. The van der Waals surface area contributed by atoms with Gasteiger partial charge in [0.2, 0.25) is 5.88 Å². The molecule has 19 heavy (non-hydrogen) atoms. The van der Waals surface area contributed by atoms with Gasteiger partial charge in [-0.05, 0) is 50.1 Å². The van der Waals surface area contributed by atoms with Gasteiger partial charge in [-0.25, -0.2) is 4.98 Å². The largest absolute Gasteiger partial charge is 0.437 e. The number of alkyl halides is 3. The molecular weight excluding hydrogens is 391 g/mol. The first-order chi connectivity index (χ1) is 8.88. The molecule has 1 aromatic carbocycles. The predicted molar refractivity (Wildman–Crippen MR) is 71.2 cm³/mol. The van der Waals surface area contributed by atoms with Crippen LogP contribution in [0.25, 0.3) is 0 Å². The molecular formula is C12H6Br2F3NO. The van der Waals surface area contributed by atoms with Crippen molar-refractivity contribution in [2.45, 2.75) is 6.18 Å². The number of benzene rings is 1. The van der Waals surface area contributed by atoms with Crippen LogP contribution in [0.3, 0.4) is 0 Å². The first-order valence-electron chi connectivity index (χ1n) is 5.03. The molecule has 2 aromatic rings. The van der Waals surface area contributed by atoms with E-state index in [1.807, 2.05) is 0 Å². The van der Waals surface area contributed by atoms with Crippen molar-refractivity contribution in [3.05, 3.63) is 51.0 Å². The van der Waals surface area contributed by atoms with E-state index in [2.05, 4.69) is 36.8 Å². The van der Waals surface area contributed by atoms with Gasteiger partial charge in [0.05, 0.1) is 10.0 Å². The van der Waals surface area contributed by atoms with Crippen LogP contribution in [0.4, 0.5) is 13.2 Å². The van der Waals surface area contributed by atoms with Crippen LogP contribution >= 0.6 is 31.9 Å². The molecule has 1 heterocycles. The third-order valence-corrected chi connectivity index (χ3v) is 3.17. The van der Waals surface area contributed by atoms with Crippen molar-refractivity contribution in [3.8, 4) is 11.6 Å². The van der Waals surface area contributed by atoms with Gasteiger partial charge in [0.1, 0.15) is 5.75 Å². The van der Waals surface area contributed by atoms with Gasteiger partial charge < -0.3 is 4.74 Å². The predicted octanol–water partition coefficient (Wildman–Crippen LogP) is 5.42. The zero-order chi connectivity index (χ0) is 14.0. The fourth-order valence-electron chi connectivity index (χ4n) is 1.37. The van der Waals surface area contributed by atoms with E-state index in [1.54, 1.807) is 6.07 Å². The Kier molecular flexibility index (Phi) is 4.15. The number of aromatic nitrogens is 1. The van der Waals surface area contributed by atoms with Crippen LogP contribution in [0.15, 0.2) is 45.5 Å². The first kappa shape index (κ1) is 14.3. The molecule has 0 spiro atoms. The second-order valence-corrected chi connectivity index (χ2v) is 5.31. The van der Waals surface area contributed by atoms with E-state index in [0.29, 0.717) is 8.95 Å². The zero-order valence-electron chi connectivity index (χ0n) is 9.21. The van der Waals surface area contributed by atoms with Crippen LogP contribution < -0.4 is 4.74 Å². The molecule has 0 atom stereocenters. The minimum absolute atomic E-state index is 0.0694. The summed E-state index contributed by atoms with van der Waals surface area (Å²) in [5.41, 5.74) is -0.841. The molecule has 2 nitrogen and oxygen atoms in total. The number of ether oxygens (including phenoxy) is 1. The summed E-state index contributed by atoms with van der Waals surface area (Å²) in [7, 11) is 0. The van der Waals surface area contributed by atoms with Crippen molar-refractivity contribution in [3.63, 3.8) is 0 Å². The molecule has 0 saturated carbocycles. The molecule has 1 aromatic heterocycles. The van der Waals surface area contributed by atoms with Crippen LogP contribution in [0.5, 0.6) is 11.6 Å². The number of para-hydroxylation sites is 1. The van der Waals surface area contributed by atoms with E-state index < -0.39 is 11.7 Å². The van der Waals surface area contributed by atoms with Gasteiger partial charge in [-0.3, -0.25) is 0 Å². The lowest BCUT2D eigenvalue weighted by molar-refractivity contribution is -0.138. The summed E-state index contributed by atoms with van der Waals surface area (Å²) in [6, 6.07) is 6.62. The van der Waals surface area contributed by atoms with Gasteiger partial charge in [0.15, 0.2) is 0 Å². The first-order valence-corrected chi connectivity index (χ1v) is 6.61. The van der Waals surface area contributed by atoms with Crippen LogP contribution in [-0.4, -0.2) is 4.98 Å². The molecule has 2 rings (SSSR count). The Balaban J connectivity index is 2.39. The molecule has 0 aliphatic heterocycles. The molecule has 0 unspecified atom stereocenters. The Morgan fingerprint density at radius 2 is 1.79 bits per heavy atom. The van der Waals surface area contributed by atoms with Crippen LogP contribution in [0, 0.1) is 0 Å². The van der Waals surface area contributed by atoms with Crippen molar-refractivity contribution < 1.29 is 17.9 Å². The van der Waals surface area contributed by atoms with E-state index >= 15 is 0 Å². The smallest absolute Gasteiger partial charge is 0.419 e. The Labute approximate surface area is 123 Å². The topological polar surface area (TPSA) is 22.1 Å². The van der Waals surface area contributed by atoms with Gasteiger partial charge >= 0.3 is 6.18 Å². The van der Waals surface area contributed by atoms with Crippen molar-refractivity contribution in [2.75, 3.05) is 0 Å². The Bertz CT molecular complexity index is 602. The summed E-state index contributed by atoms with van der Waals surface area (Å²) in [6.45, 7) is 0. The summed E-state index contributed by atoms with van der Waals surface area (Å²) in [6.07, 6.45) is -3.03. The van der Waals surface area contributed by atoms with E-state index in [1.165, 1.54) is 24.4 Å². The lowest BCUT2D eigenvalue weighted by atomic mass is 10.2. The third kappa shape index (κ3) is 3.48. The SMILES string of the molecule is FC(F)(F)c1ccccc1Oc1ncc(Br)cc1Br. The van der Waals surface area contributed by atoms with Crippen molar-refractivity contribution in [2.24, 2.45) is 0 Å². The molecule has 0 aliphatic rings. The number of rotatable bonds is 2. The maximum atomic E-state index is 12.8. The summed E-state index contributed by atoms with van der Waals surface area (Å²) < 4.78 is 44.8. The number of halogens is 5. The molecule has 0 bridgehead atoms. The number of nitrogens with zero attached hydrogens (tertiary/aromatic N) is 1. The molecule has 7 heteroatoms. The maximum Gasteiger partial charge on any atom is 0.419 e. The lowest BCUT2D eigenvalue weighted by Crippen LogP contribution is -2.07. The van der Waals surface area contributed by atoms with Crippen molar-refractivity contribution in [1.82, 2.24) is 4.98 Å². The normalized spacial score (nSPS) is 11.4. The molecule has 0 N–H and O–H groups in total. The standard InChI is InChI=1S/C12H6Br2F3NO/c13-7-5-9(14)11(18-6-7)19-10-4-2-1-3-8(10)12(15,16)17/h1-6H. The van der Waals surface area contributed by atoms with Gasteiger partial charge in [0.25, 0.3) is 0 Å². The van der Waals surface area contributed by atoms with Gasteiger partial charge in [-0.15, -0.1) is 0 Å². The zero-order valence-corrected chi connectivity index (χ0v) is 12.4. The lowest BCUT2D eigenvalue weighted by Gasteiger charge is -2.13. The summed E-state index contributed by atoms with van der Waals surface area (Å²) in [4.78, 5) is 3.91. The number of hydrogen-bond acceptors (Lipinski definition) is 2. The average molecular weight is 397 g/mol. The molecule has 0 saturated heterocycles. The van der Waals surface area contributed by atoms with Crippen LogP contribution in [-0.2, 0) is 6.18 Å². The van der Waals surface area contributed by atoms with Crippen LogP contribution in [0.1, 0.15) is 5.56 Å². The Morgan fingerprint density at radius 1 is 1.11 bits per heavy atom.